The number of amides is 2. The number of hydrogen-bond donors (Lipinski definition) is 3. The average Bonchev–Trinajstić information content (AvgIpc) is 3.07. The lowest BCUT2D eigenvalue weighted by molar-refractivity contribution is -0.122. The van der Waals surface area contributed by atoms with Crippen molar-refractivity contribution in [1.29, 1.82) is 0 Å². The molecule has 0 heterocycles. The number of hydrogen-bond acceptors (Lipinski definition) is 3. The molecule has 2 atom stereocenters. The summed E-state index contributed by atoms with van der Waals surface area (Å²) in [4.78, 5) is 24.3. The smallest absolute Gasteiger partial charge is 0.255 e. The van der Waals surface area contributed by atoms with Gasteiger partial charge < -0.3 is 16.4 Å². The zero-order valence-electron chi connectivity index (χ0n) is 15.5. The van der Waals surface area contributed by atoms with Gasteiger partial charge in [-0.1, -0.05) is 18.6 Å². The summed E-state index contributed by atoms with van der Waals surface area (Å²) in [6.07, 6.45) is 3.59. The predicted octanol–water partition coefficient (Wildman–Crippen LogP) is 3.63. The van der Waals surface area contributed by atoms with E-state index >= 15 is 0 Å². The van der Waals surface area contributed by atoms with Gasteiger partial charge in [-0.15, -0.1) is 12.4 Å². The minimum Gasteiger partial charge on any atom is -0.352 e. The molecule has 0 bridgehead atoms. The third kappa shape index (κ3) is 6.04. The number of carbonyl (C=O) groups is 2. The number of nitrogens with one attached hydrogen (secondary N) is 2. The third-order valence-electron chi connectivity index (χ3n) is 4.97. The van der Waals surface area contributed by atoms with Gasteiger partial charge in [-0.2, -0.15) is 0 Å². The number of carbonyl (C=O) groups excluding carboxylic acids is 2. The zero-order chi connectivity index (χ0) is 19.2. The molecule has 150 valence electrons. The maximum absolute atomic E-state index is 12.9. The van der Waals surface area contributed by atoms with Gasteiger partial charge >= 0.3 is 0 Å². The Bertz CT molecular complexity index is 796. The first-order chi connectivity index (χ1) is 13.0. The summed E-state index contributed by atoms with van der Waals surface area (Å²) in [5.41, 5.74) is 7.94. The maximum Gasteiger partial charge on any atom is 0.255 e. The Morgan fingerprint density at radius 3 is 2.32 bits per heavy atom. The Balaban J connectivity index is 0.00000280. The Morgan fingerprint density at radius 1 is 1.04 bits per heavy atom. The molecule has 7 heteroatoms. The van der Waals surface area contributed by atoms with Crippen molar-refractivity contribution in [2.24, 2.45) is 11.7 Å². The number of halogens is 2. The lowest BCUT2D eigenvalue weighted by Gasteiger charge is -2.14. The van der Waals surface area contributed by atoms with E-state index in [-0.39, 0.29) is 42.0 Å². The molecule has 0 unspecified atom stereocenters. The predicted molar refractivity (Wildman–Crippen MR) is 110 cm³/mol. The van der Waals surface area contributed by atoms with Crippen LogP contribution in [0, 0.1) is 11.7 Å². The highest BCUT2D eigenvalue weighted by atomic mass is 35.5. The molecular formula is C21H25ClFN3O2. The number of anilines is 1. The Hall–Kier alpha value is -2.44. The SMILES string of the molecule is Cl.N[C@@H]1CCC[C@H]1CC(=O)NCc1ccc(C(=O)Nc2ccc(F)cc2)cc1. The first kappa shape index (κ1) is 21.9. The van der Waals surface area contributed by atoms with Crippen molar-refractivity contribution < 1.29 is 14.0 Å². The van der Waals surface area contributed by atoms with E-state index in [0.29, 0.717) is 24.2 Å². The summed E-state index contributed by atoms with van der Waals surface area (Å²) < 4.78 is 12.9. The first-order valence-electron chi connectivity index (χ1n) is 9.19. The molecule has 0 aliphatic heterocycles. The standard InChI is InChI=1S/C21H24FN3O2.ClH/c22-17-8-10-18(11-9-17)25-21(27)15-6-4-14(5-7-15)13-24-20(26)12-16-2-1-3-19(16)23;/h4-11,16,19H,1-3,12-13,23H2,(H,24,26)(H,25,27);1H/t16-,19+;/m0./s1. The van der Waals surface area contributed by atoms with Crippen LogP contribution in [0.15, 0.2) is 48.5 Å². The van der Waals surface area contributed by atoms with Crippen LogP contribution in [0.3, 0.4) is 0 Å². The fourth-order valence-corrected chi connectivity index (χ4v) is 3.34. The van der Waals surface area contributed by atoms with Crippen molar-refractivity contribution in [2.45, 2.75) is 38.3 Å². The molecule has 0 aromatic heterocycles. The molecule has 3 rings (SSSR count). The quantitative estimate of drug-likeness (QED) is 0.686. The lowest BCUT2D eigenvalue weighted by atomic mass is 10.00. The highest BCUT2D eigenvalue weighted by Gasteiger charge is 2.25. The van der Waals surface area contributed by atoms with E-state index in [1.165, 1.54) is 24.3 Å². The largest absolute Gasteiger partial charge is 0.352 e. The van der Waals surface area contributed by atoms with E-state index in [4.69, 9.17) is 5.73 Å². The second-order valence-electron chi connectivity index (χ2n) is 6.99. The molecule has 0 spiro atoms. The van der Waals surface area contributed by atoms with Gasteiger partial charge in [0, 0.05) is 30.3 Å². The van der Waals surface area contributed by atoms with Gasteiger partial charge in [-0.3, -0.25) is 9.59 Å². The minimum atomic E-state index is -0.352. The molecule has 2 aromatic rings. The van der Waals surface area contributed by atoms with Crippen molar-refractivity contribution in [1.82, 2.24) is 5.32 Å². The molecule has 2 aromatic carbocycles. The molecule has 0 radical (unpaired) electrons. The highest BCUT2D eigenvalue weighted by molar-refractivity contribution is 6.04. The molecule has 1 aliphatic rings. The number of rotatable bonds is 6. The summed E-state index contributed by atoms with van der Waals surface area (Å²) in [5.74, 6) is -0.334. The Morgan fingerprint density at radius 2 is 1.71 bits per heavy atom. The average molecular weight is 406 g/mol. The number of benzene rings is 2. The molecule has 4 N–H and O–H groups in total. The van der Waals surface area contributed by atoms with E-state index in [2.05, 4.69) is 10.6 Å². The summed E-state index contributed by atoms with van der Waals surface area (Å²) >= 11 is 0. The molecule has 0 saturated heterocycles. The van der Waals surface area contributed by atoms with Crippen molar-refractivity contribution in [2.75, 3.05) is 5.32 Å². The second kappa shape index (κ2) is 10.2. The summed E-state index contributed by atoms with van der Waals surface area (Å²) in [7, 11) is 0. The van der Waals surface area contributed by atoms with Crippen LogP contribution in [0.25, 0.3) is 0 Å². The highest BCUT2D eigenvalue weighted by Crippen LogP contribution is 2.26. The monoisotopic (exact) mass is 405 g/mol. The van der Waals surface area contributed by atoms with Gasteiger partial charge in [0.1, 0.15) is 5.82 Å². The molecule has 1 saturated carbocycles. The van der Waals surface area contributed by atoms with Gasteiger partial charge in [0.05, 0.1) is 0 Å². The van der Waals surface area contributed by atoms with Gasteiger partial charge in [0.25, 0.3) is 5.91 Å². The van der Waals surface area contributed by atoms with Crippen LogP contribution in [0.1, 0.15) is 41.6 Å². The van der Waals surface area contributed by atoms with Crippen LogP contribution in [0.2, 0.25) is 0 Å². The lowest BCUT2D eigenvalue weighted by Crippen LogP contribution is -2.31. The van der Waals surface area contributed by atoms with Gasteiger partial charge in [-0.05, 0) is 60.7 Å². The topological polar surface area (TPSA) is 84.2 Å². The Labute approximate surface area is 170 Å². The second-order valence-corrected chi connectivity index (χ2v) is 6.99. The first-order valence-corrected chi connectivity index (χ1v) is 9.19. The third-order valence-corrected chi connectivity index (χ3v) is 4.97. The van der Waals surface area contributed by atoms with E-state index in [0.717, 1.165) is 24.8 Å². The normalized spacial score (nSPS) is 18.2. The van der Waals surface area contributed by atoms with Crippen molar-refractivity contribution in [3.8, 4) is 0 Å². The maximum atomic E-state index is 12.9. The summed E-state index contributed by atoms with van der Waals surface area (Å²) in [6.45, 7) is 0.417. The summed E-state index contributed by atoms with van der Waals surface area (Å²) in [6, 6.07) is 12.7. The zero-order valence-corrected chi connectivity index (χ0v) is 16.3. The van der Waals surface area contributed by atoms with Gasteiger partial charge in [0.15, 0.2) is 0 Å². The van der Waals surface area contributed by atoms with Crippen LogP contribution in [0.4, 0.5) is 10.1 Å². The van der Waals surface area contributed by atoms with E-state index in [1.54, 1.807) is 24.3 Å². The number of nitrogens with two attached hydrogens (primary N) is 1. The molecule has 28 heavy (non-hydrogen) atoms. The van der Waals surface area contributed by atoms with Gasteiger partial charge in [0.2, 0.25) is 5.91 Å². The van der Waals surface area contributed by atoms with Crippen molar-refractivity contribution in [3.63, 3.8) is 0 Å². The minimum absolute atomic E-state index is 0. The fourth-order valence-electron chi connectivity index (χ4n) is 3.34. The van der Waals surface area contributed by atoms with Gasteiger partial charge in [-0.25, -0.2) is 4.39 Å². The van der Waals surface area contributed by atoms with Crippen LogP contribution >= 0.6 is 12.4 Å². The van der Waals surface area contributed by atoms with E-state index in [9.17, 15) is 14.0 Å². The van der Waals surface area contributed by atoms with Crippen LogP contribution in [0.5, 0.6) is 0 Å². The summed E-state index contributed by atoms with van der Waals surface area (Å²) in [5, 5.41) is 5.62. The van der Waals surface area contributed by atoms with E-state index < -0.39 is 0 Å². The van der Waals surface area contributed by atoms with Crippen LogP contribution in [-0.4, -0.2) is 17.9 Å². The van der Waals surface area contributed by atoms with Crippen molar-refractivity contribution >= 4 is 29.9 Å². The van der Waals surface area contributed by atoms with Crippen molar-refractivity contribution in [3.05, 3.63) is 65.5 Å². The van der Waals surface area contributed by atoms with E-state index in [1.807, 2.05) is 0 Å². The molecular weight excluding hydrogens is 381 g/mol. The molecule has 5 nitrogen and oxygen atoms in total. The molecule has 2 amide bonds. The molecule has 1 aliphatic carbocycles. The molecule has 1 fully saturated rings. The Kier molecular flexibility index (Phi) is 7.96. The van der Waals surface area contributed by atoms with Crippen LogP contribution < -0.4 is 16.4 Å². The van der Waals surface area contributed by atoms with Crippen LogP contribution in [-0.2, 0) is 11.3 Å². The fraction of sp³-hybridized carbons (Fsp3) is 0.333.